The standard InChI is InChI=1S/C12H13FN2O4/c13-9-3-7(12(18)19)4-10-11(9)14-6-15(10)5-8(17)1-2-16/h3-4,6,8,16-17H,1-2,5H2,(H,18,19). The number of hydrogen-bond acceptors (Lipinski definition) is 4. The van der Waals surface area contributed by atoms with Crippen molar-refractivity contribution >= 4 is 17.0 Å². The van der Waals surface area contributed by atoms with Crippen LogP contribution >= 0.6 is 0 Å². The Morgan fingerprint density at radius 2 is 2.21 bits per heavy atom. The minimum atomic E-state index is -1.23. The van der Waals surface area contributed by atoms with Gasteiger partial charge in [-0.05, 0) is 18.6 Å². The number of rotatable bonds is 5. The maximum Gasteiger partial charge on any atom is 0.335 e. The molecule has 0 aliphatic carbocycles. The van der Waals surface area contributed by atoms with Crippen LogP contribution < -0.4 is 0 Å². The second kappa shape index (κ2) is 5.33. The molecule has 2 rings (SSSR count). The third-order valence-electron chi connectivity index (χ3n) is 2.80. The maximum absolute atomic E-state index is 13.7. The van der Waals surface area contributed by atoms with E-state index in [2.05, 4.69) is 4.98 Å². The molecular formula is C12H13FN2O4. The number of carbonyl (C=O) groups is 1. The van der Waals surface area contributed by atoms with Crippen LogP contribution in [0.5, 0.6) is 0 Å². The summed E-state index contributed by atoms with van der Waals surface area (Å²) in [5.41, 5.74) is 0.180. The molecule has 0 aliphatic heterocycles. The van der Waals surface area contributed by atoms with E-state index in [-0.39, 0.29) is 30.7 Å². The Labute approximate surface area is 107 Å². The fourth-order valence-electron chi connectivity index (χ4n) is 1.86. The van der Waals surface area contributed by atoms with Gasteiger partial charge in [-0.15, -0.1) is 0 Å². The zero-order chi connectivity index (χ0) is 14.0. The van der Waals surface area contributed by atoms with Crippen molar-refractivity contribution in [3.8, 4) is 0 Å². The molecule has 0 aliphatic rings. The lowest BCUT2D eigenvalue weighted by Gasteiger charge is -2.10. The van der Waals surface area contributed by atoms with Crippen LogP contribution in [0, 0.1) is 5.82 Å². The van der Waals surface area contributed by atoms with E-state index in [1.165, 1.54) is 17.0 Å². The highest BCUT2D eigenvalue weighted by Gasteiger charge is 2.14. The fourth-order valence-corrected chi connectivity index (χ4v) is 1.86. The van der Waals surface area contributed by atoms with Crippen LogP contribution in [0.4, 0.5) is 4.39 Å². The molecule has 0 saturated heterocycles. The maximum atomic E-state index is 13.7. The van der Waals surface area contributed by atoms with Gasteiger partial charge in [-0.2, -0.15) is 0 Å². The molecule has 0 saturated carbocycles. The summed E-state index contributed by atoms with van der Waals surface area (Å²) in [6.07, 6.45) is 0.708. The molecule has 2 aromatic rings. The van der Waals surface area contributed by atoms with Crippen LogP contribution in [0.15, 0.2) is 18.5 Å². The van der Waals surface area contributed by atoms with E-state index in [1.807, 2.05) is 0 Å². The minimum Gasteiger partial charge on any atom is -0.478 e. The zero-order valence-corrected chi connectivity index (χ0v) is 9.95. The highest BCUT2D eigenvalue weighted by atomic mass is 19.1. The first-order valence-corrected chi connectivity index (χ1v) is 5.69. The summed E-state index contributed by atoms with van der Waals surface area (Å²) in [5.74, 6) is -1.95. The number of carboxylic acids is 1. The molecule has 102 valence electrons. The highest BCUT2D eigenvalue weighted by molar-refractivity contribution is 5.92. The van der Waals surface area contributed by atoms with Crippen molar-refractivity contribution in [2.75, 3.05) is 6.61 Å². The third kappa shape index (κ3) is 2.72. The molecule has 0 spiro atoms. The van der Waals surface area contributed by atoms with Gasteiger partial charge in [-0.3, -0.25) is 0 Å². The number of halogens is 1. The van der Waals surface area contributed by atoms with Gasteiger partial charge in [0.1, 0.15) is 5.52 Å². The van der Waals surface area contributed by atoms with Crippen molar-refractivity contribution in [3.05, 3.63) is 29.8 Å². The van der Waals surface area contributed by atoms with Crippen LogP contribution in [-0.2, 0) is 6.54 Å². The van der Waals surface area contributed by atoms with Crippen molar-refractivity contribution in [2.24, 2.45) is 0 Å². The molecular weight excluding hydrogens is 255 g/mol. The SMILES string of the molecule is O=C(O)c1cc(F)c2ncn(CC(O)CCO)c2c1. The van der Waals surface area contributed by atoms with Crippen molar-refractivity contribution in [1.29, 1.82) is 0 Å². The first-order valence-electron chi connectivity index (χ1n) is 5.69. The van der Waals surface area contributed by atoms with Crippen molar-refractivity contribution in [2.45, 2.75) is 19.1 Å². The van der Waals surface area contributed by atoms with Crippen LogP contribution in [0.25, 0.3) is 11.0 Å². The van der Waals surface area contributed by atoms with E-state index in [1.54, 1.807) is 0 Å². The van der Waals surface area contributed by atoms with E-state index < -0.39 is 17.9 Å². The third-order valence-corrected chi connectivity index (χ3v) is 2.80. The summed E-state index contributed by atoms with van der Waals surface area (Å²) in [6, 6.07) is 2.21. The van der Waals surface area contributed by atoms with Crippen molar-refractivity contribution in [1.82, 2.24) is 9.55 Å². The summed E-state index contributed by atoms with van der Waals surface area (Å²) in [4.78, 5) is 14.7. The Balaban J connectivity index is 2.43. The van der Waals surface area contributed by atoms with E-state index in [0.717, 1.165) is 6.07 Å². The molecule has 1 atom stereocenters. The number of benzene rings is 1. The molecule has 0 radical (unpaired) electrons. The molecule has 1 heterocycles. The molecule has 19 heavy (non-hydrogen) atoms. The molecule has 0 bridgehead atoms. The monoisotopic (exact) mass is 268 g/mol. The van der Waals surface area contributed by atoms with Gasteiger partial charge in [0.05, 0.1) is 30.1 Å². The van der Waals surface area contributed by atoms with E-state index in [0.29, 0.717) is 5.52 Å². The van der Waals surface area contributed by atoms with Crippen LogP contribution in [0.3, 0.4) is 0 Å². The fraction of sp³-hybridized carbons (Fsp3) is 0.333. The zero-order valence-electron chi connectivity index (χ0n) is 9.95. The summed E-state index contributed by atoms with van der Waals surface area (Å²) in [7, 11) is 0. The smallest absolute Gasteiger partial charge is 0.335 e. The number of aliphatic hydroxyl groups is 2. The normalized spacial score (nSPS) is 12.8. The minimum absolute atomic E-state index is 0.0567. The lowest BCUT2D eigenvalue weighted by Crippen LogP contribution is -2.16. The number of imidazole rings is 1. The second-order valence-corrected chi connectivity index (χ2v) is 4.19. The molecule has 7 heteroatoms. The van der Waals surface area contributed by atoms with Gasteiger partial charge in [-0.25, -0.2) is 14.2 Å². The molecule has 6 nitrogen and oxygen atoms in total. The van der Waals surface area contributed by atoms with Crippen LogP contribution in [0.2, 0.25) is 0 Å². The first kappa shape index (κ1) is 13.4. The predicted octanol–water partition coefficient (Wildman–Crippen LogP) is 0.617. The number of hydrogen-bond donors (Lipinski definition) is 3. The number of aromatic carboxylic acids is 1. The van der Waals surface area contributed by atoms with E-state index in [4.69, 9.17) is 10.2 Å². The molecule has 1 aromatic carbocycles. The predicted molar refractivity (Wildman–Crippen MR) is 64.4 cm³/mol. The van der Waals surface area contributed by atoms with Gasteiger partial charge in [-0.1, -0.05) is 0 Å². The number of aromatic nitrogens is 2. The summed E-state index contributed by atoms with van der Waals surface area (Å²) >= 11 is 0. The van der Waals surface area contributed by atoms with Gasteiger partial charge >= 0.3 is 5.97 Å². The summed E-state index contributed by atoms with van der Waals surface area (Å²) < 4.78 is 15.1. The number of aliphatic hydroxyl groups excluding tert-OH is 2. The first-order chi connectivity index (χ1) is 9.02. The van der Waals surface area contributed by atoms with E-state index >= 15 is 0 Å². The quantitative estimate of drug-likeness (QED) is 0.738. The lowest BCUT2D eigenvalue weighted by atomic mass is 10.2. The Hall–Kier alpha value is -1.99. The number of nitrogens with zero attached hydrogens (tertiary/aromatic N) is 2. The average Bonchev–Trinajstić information content (AvgIpc) is 2.73. The average molecular weight is 268 g/mol. The Bertz CT molecular complexity index is 611. The van der Waals surface area contributed by atoms with Crippen LogP contribution in [-0.4, -0.2) is 43.6 Å². The molecule has 0 amide bonds. The van der Waals surface area contributed by atoms with E-state index in [9.17, 15) is 14.3 Å². The van der Waals surface area contributed by atoms with Gasteiger partial charge in [0.15, 0.2) is 5.82 Å². The summed E-state index contributed by atoms with van der Waals surface area (Å²) in [6.45, 7) is -0.0535. The van der Waals surface area contributed by atoms with Gasteiger partial charge < -0.3 is 19.9 Å². The largest absolute Gasteiger partial charge is 0.478 e. The van der Waals surface area contributed by atoms with Gasteiger partial charge in [0, 0.05) is 6.61 Å². The second-order valence-electron chi connectivity index (χ2n) is 4.19. The Morgan fingerprint density at radius 1 is 1.47 bits per heavy atom. The van der Waals surface area contributed by atoms with Crippen molar-refractivity contribution in [3.63, 3.8) is 0 Å². The van der Waals surface area contributed by atoms with Crippen LogP contribution in [0.1, 0.15) is 16.8 Å². The Morgan fingerprint density at radius 3 is 2.84 bits per heavy atom. The summed E-state index contributed by atoms with van der Waals surface area (Å²) in [5, 5.41) is 27.2. The molecule has 1 unspecified atom stereocenters. The number of carboxylic acid groups (broad SMARTS) is 1. The topological polar surface area (TPSA) is 95.6 Å². The molecule has 1 aromatic heterocycles. The lowest BCUT2D eigenvalue weighted by molar-refractivity contribution is 0.0696. The number of fused-ring (bicyclic) bond motifs is 1. The Kier molecular flexibility index (Phi) is 3.77. The van der Waals surface area contributed by atoms with Crippen molar-refractivity contribution < 1.29 is 24.5 Å². The molecule has 3 N–H and O–H groups in total. The van der Waals surface area contributed by atoms with Gasteiger partial charge in [0.2, 0.25) is 0 Å². The molecule has 0 fully saturated rings. The van der Waals surface area contributed by atoms with Gasteiger partial charge in [0.25, 0.3) is 0 Å². The highest BCUT2D eigenvalue weighted by Crippen LogP contribution is 2.19.